The molecular formula is C30H15F2N3O. The fourth-order valence-electron chi connectivity index (χ4n) is 5.09. The quantitative estimate of drug-likeness (QED) is 0.258. The van der Waals surface area contributed by atoms with Gasteiger partial charge in [-0.3, -0.25) is 4.98 Å². The Kier molecular flexibility index (Phi) is 4.24. The van der Waals surface area contributed by atoms with Gasteiger partial charge in [0.1, 0.15) is 29.0 Å². The molecule has 0 unspecified atom stereocenters. The summed E-state index contributed by atoms with van der Waals surface area (Å²) in [6, 6.07) is 26.2. The Hall–Kier alpha value is -5.02. The topological polar surface area (TPSA) is 54.8 Å². The average Bonchev–Trinajstić information content (AvgIpc) is 3.43. The van der Waals surface area contributed by atoms with Crippen LogP contribution in [0.4, 0.5) is 8.78 Å². The molecule has 0 amide bonds. The molecule has 170 valence electrons. The number of benzene rings is 4. The van der Waals surface area contributed by atoms with Crippen molar-refractivity contribution < 1.29 is 13.2 Å². The van der Waals surface area contributed by atoms with E-state index in [2.05, 4.69) is 11.1 Å². The van der Waals surface area contributed by atoms with E-state index in [1.807, 2.05) is 42.5 Å². The molecule has 0 bridgehead atoms. The maximum atomic E-state index is 14.5. The van der Waals surface area contributed by atoms with Crippen molar-refractivity contribution in [1.29, 1.82) is 5.26 Å². The minimum Gasteiger partial charge on any atom is -0.453 e. The molecule has 6 heteroatoms. The first-order chi connectivity index (χ1) is 17.6. The molecule has 4 aromatic carbocycles. The molecule has 0 saturated carbocycles. The Labute approximate surface area is 203 Å². The monoisotopic (exact) mass is 471 g/mol. The van der Waals surface area contributed by atoms with Crippen LogP contribution in [-0.2, 0) is 0 Å². The first kappa shape index (κ1) is 20.4. The van der Waals surface area contributed by atoms with Gasteiger partial charge in [0, 0.05) is 33.3 Å². The van der Waals surface area contributed by atoms with Gasteiger partial charge in [-0.25, -0.2) is 8.78 Å². The number of aromatic nitrogens is 2. The van der Waals surface area contributed by atoms with Crippen molar-refractivity contribution in [2.24, 2.45) is 0 Å². The van der Waals surface area contributed by atoms with Crippen molar-refractivity contribution in [2.75, 3.05) is 0 Å². The van der Waals surface area contributed by atoms with Crippen LogP contribution in [-0.4, -0.2) is 9.55 Å². The highest BCUT2D eigenvalue weighted by Crippen LogP contribution is 2.41. The average molecular weight is 471 g/mol. The molecule has 0 spiro atoms. The number of rotatable bonds is 2. The zero-order valence-electron chi connectivity index (χ0n) is 18.7. The Bertz CT molecular complexity index is 1970. The second-order valence-electron chi connectivity index (χ2n) is 8.61. The van der Waals surface area contributed by atoms with Gasteiger partial charge < -0.3 is 8.98 Å². The maximum absolute atomic E-state index is 14.5. The van der Waals surface area contributed by atoms with Crippen LogP contribution in [0.3, 0.4) is 0 Å². The first-order valence-corrected chi connectivity index (χ1v) is 11.3. The number of nitrogens with zero attached hydrogens (tertiary/aromatic N) is 3. The van der Waals surface area contributed by atoms with Crippen molar-refractivity contribution in [3.63, 3.8) is 0 Å². The summed E-state index contributed by atoms with van der Waals surface area (Å²) in [5.41, 5.74) is 4.45. The molecule has 0 aliphatic heterocycles. The molecule has 36 heavy (non-hydrogen) atoms. The smallest absolute Gasteiger partial charge is 0.160 e. The van der Waals surface area contributed by atoms with Gasteiger partial charge in [0.2, 0.25) is 0 Å². The summed E-state index contributed by atoms with van der Waals surface area (Å²) in [6.07, 6.45) is 1.72. The number of fused-ring (bicyclic) bond motifs is 6. The van der Waals surface area contributed by atoms with Gasteiger partial charge in [-0.2, -0.15) is 5.26 Å². The fraction of sp³-hybridized carbons (Fsp3) is 0. The molecule has 0 aliphatic carbocycles. The maximum Gasteiger partial charge on any atom is 0.160 e. The fourth-order valence-corrected chi connectivity index (χ4v) is 5.09. The second kappa shape index (κ2) is 7.49. The normalized spacial score (nSPS) is 11.6. The standard InChI is InChI=1S/C30H15F2N3O/c31-18-8-11-20-21-12-9-19(32)15-27(21)35(26(20)14-18)28-17(16-33)7-10-23-22-4-3-5-24(29(22)36-30(23)28)25-6-1-2-13-34-25/h1-15H. The lowest BCUT2D eigenvalue weighted by Crippen LogP contribution is -1.99. The van der Waals surface area contributed by atoms with E-state index in [0.29, 0.717) is 33.5 Å². The van der Waals surface area contributed by atoms with Crippen LogP contribution in [0.25, 0.3) is 60.7 Å². The zero-order chi connectivity index (χ0) is 24.4. The first-order valence-electron chi connectivity index (χ1n) is 11.3. The third-order valence-corrected chi connectivity index (χ3v) is 6.62. The van der Waals surface area contributed by atoms with Crippen LogP contribution in [0.2, 0.25) is 0 Å². The van der Waals surface area contributed by atoms with Gasteiger partial charge in [-0.15, -0.1) is 0 Å². The van der Waals surface area contributed by atoms with Gasteiger partial charge in [0.05, 0.1) is 22.3 Å². The molecule has 3 heterocycles. The molecule has 0 N–H and O–H groups in total. The molecule has 0 radical (unpaired) electrons. The van der Waals surface area contributed by atoms with Gasteiger partial charge >= 0.3 is 0 Å². The van der Waals surface area contributed by atoms with Crippen molar-refractivity contribution >= 4 is 43.7 Å². The van der Waals surface area contributed by atoms with Gasteiger partial charge in [0.25, 0.3) is 0 Å². The summed E-state index contributed by atoms with van der Waals surface area (Å²) in [4.78, 5) is 4.48. The lowest BCUT2D eigenvalue weighted by atomic mass is 10.0. The number of furan rings is 1. The van der Waals surface area contributed by atoms with Crippen molar-refractivity contribution in [3.8, 4) is 23.0 Å². The van der Waals surface area contributed by atoms with Crippen LogP contribution >= 0.6 is 0 Å². The summed E-state index contributed by atoms with van der Waals surface area (Å²) >= 11 is 0. The molecule has 0 saturated heterocycles. The Morgan fingerprint density at radius 1 is 0.722 bits per heavy atom. The van der Waals surface area contributed by atoms with Crippen LogP contribution in [0.15, 0.2) is 95.5 Å². The number of nitriles is 1. The number of halogens is 2. The molecular weight excluding hydrogens is 456 g/mol. The van der Waals surface area contributed by atoms with Crippen LogP contribution in [0.5, 0.6) is 0 Å². The van der Waals surface area contributed by atoms with Crippen LogP contribution in [0.1, 0.15) is 5.56 Å². The lowest BCUT2D eigenvalue weighted by Gasteiger charge is -2.10. The lowest BCUT2D eigenvalue weighted by molar-refractivity contribution is 0.629. The van der Waals surface area contributed by atoms with Crippen LogP contribution in [0, 0.1) is 23.0 Å². The zero-order valence-corrected chi connectivity index (χ0v) is 18.7. The molecule has 4 nitrogen and oxygen atoms in total. The third kappa shape index (κ3) is 2.80. The molecule has 3 aromatic heterocycles. The molecule has 7 rings (SSSR count). The second-order valence-corrected chi connectivity index (χ2v) is 8.61. The van der Waals surface area contributed by atoms with Gasteiger partial charge in [-0.1, -0.05) is 18.2 Å². The Morgan fingerprint density at radius 2 is 1.42 bits per heavy atom. The minimum absolute atomic E-state index is 0.327. The predicted molar refractivity (Wildman–Crippen MR) is 136 cm³/mol. The Morgan fingerprint density at radius 3 is 2.08 bits per heavy atom. The van der Waals surface area contributed by atoms with E-state index in [0.717, 1.165) is 32.8 Å². The molecule has 0 aliphatic rings. The summed E-state index contributed by atoms with van der Waals surface area (Å²) in [6.45, 7) is 0. The van der Waals surface area contributed by atoms with E-state index in [4.69, 9.17) is 4.42 Å². The number of para-hydroxylation sites is 1. The summed E-state index contributed by atoms with van der Waals surface area (Å²) in [5, 5.41) is 13.2. The summed E-state index contributed by atoms with van der Waals surface area (Å²) in [7, 11) is 0. The highest BCUT2D eigenvalue weighted by Gasteiger charge is 2.22. The van der Waals surface area contributed by atoms with E-state index in [1.54, 1.807) is 29.0 Å². The SMILES string of the molecule is N#Cc1ccc2c(oc3c(-c4ccccn4)cccc32)c1-n1c2cc(F)ccc2c2ccc(F)cc21. The summed E-state index contributed by atoms with van der Waals surface area (Å²) in [5.74, 6) is -0.862. The molecule has 0 atom stereocenters. The van der Waals surface area contributed by atoms with Crippen molar-refractivity contribution in [3.05, 3.63) is 108 Å². The predicted octanol–water partition coefficient (Wildman–Crippen LogP) is 7.89. The molecule has 7 aromatic rings. The highest BCUT2D eigenvalue weighted by molar-refractivity contribution is 6.14. The van der Waals surface area contributed by atoms with Crippen molar-refractivity contribution in [1.82, 2.24) is 9.55 Å². The van der Waals surface area contributed by atoms with Gasteiger partial charge in [0.15, 0.2) is 5.58 Å². The van der Waals surface area contributed by atoms with E-state index >= 15 is 0 Å². The number of hydrogen-bond acceptors (Lipinski definition) is 3. The molecule has 0 fully saturated rings. The van der Waals surface area contributed by atoms with Crippen molar-refractivity contribution in [2.45, 2.75) is 0 Å². The number of pyridine rings is 1. The number of hydrogen-bond donors (Lipinski definition) is 0. The van der Waals surface area contributed by atoms with E-state index < -0.39 is 11.6 Å². The van der Waals surface area contributed by atoms with E-state index in [1.165, 1.54) is 24.3 Å². The highest BCUT2D eigenvalue weighted by atomic mass is 19.1. The largest absolute Gasteiger partial charge is 0.453 e. The summed E-state index contributed by atoms with van der Waals surface area (Å²) < 4.78 is 37.1. The Balaban J connectivity index is 1.68. The third-order valence-electron chi connectivity index (χ3n) is 6.62. The van der Waals surface area contributed by atoms with E-state index in [9.17, 15) is 14.0 Å². The van der Waals surface area contributed by atoms with Gasteiger partial charge in [-0.05, 0) is 66.7 Å². The minimum atomic E-state index is -0.431. The van der Waals surface area contributed by atoms with E-state index in [-0.39, 0.29) is 0 Å². The van der Waals surface area contributed by atoms with Crippen LogP contribution < -0.4 is 0 Å².